The van der Waals surface area contributed by atoms with Gasteiger partial charge in [-0.05, 0) is 60.9 Å². The fourth-order valence-corrected chi connectivity index (χ4v) is 6.15. The Bertz CT molecular complexity index is 1680. The number of benzene rings is 2. The van der Waals surface area contributed by atoms with Crippen LogP contribution in [0.25, 0.3) is 22.3 Å². The predicted molar refractivity (Wildman–Crippen MR) is 140 cm³/mol. The Morgan fingerprint density at radius 3 is 2.68 bits per heavy atom. The van der Waals surface area contributed by atoms with Crippen molar-refractivity contribution < 1.29 is 19.0 Å². The molecule has 0 radical (unpaired) electrons. The molecule has 6 rings (SSSR count). The maximum Gasteiger partial charge on any atom is 0.343 e. The molecule has 1 atom stereocenters. The van der Waals surface area contributed by atoms with E-state index in [4.69, 9.17) is 15.5 Å². The zero-order chi connectivity index (χ0) is 26.1. The van der Waals surface area contributed by atoms with Gasteiger partial charge in [0, 0.05) is 38.9 Å². The number of rotatable bonds is 4. The van der Waals surface area contributed by atoms with Crippen LogP contribution in [-0.4, -0.2) is 20.6 Å². The zero-order valence-corrected chi connectivity index (χ0v) is 21.1. The number of halogens is 1. The first-order valence-electron chi connectivity index (χ1n) is 12.0. The molecule has 0 aliphatic carbocycles. The van der Waals surface area contributed by atoms with Crippen LogP contribution in [0.2, 0.25) is 0 Å². The van der Waals surface area contributed by atoms with Crippen molar-refractivity contribution in [1.29, 1.82) is 0 Å². The molecular formula is C28H24FN3O4S. The lowest BCUT2D eigenvalue weighted by Gasteiger charge is -2.31. The highest BCUT2D eigenvalue weighted by atomic mass is 32.2. The van der Waals surface area contributed by atoms with Crippen LogP contribution in [0.3, 0.4) is 0 Å². The third-order valence-electron chi connectivity index (χ3n) is 7.35. The van der Waals surface area contributed by atoms with Crippen LogP contribution < -0.4 is 11.3 Å². The smallest absolute Gasteiger partial charge is 0.343 e. The minimum absolute atomic E-state index is 0.0632. The van der Waals surface area contributed by atoms with Crippen molar-refractivity contribution in [2.24, 2.45) is 0 Å². The fourth-order valence-electron chi connectivity index (χ4n) is 5.18. The van der Waals surface area contributed by atoms with Gasteiger partial charge in [-0.25, -0.2) is 14.2 Å². The number of hydrogen-bond donors (Lipinski definition) is 2. The van der Waals surface area contributed by atoms with Crippen LogP contribution >= 0.6 is 11.8 Å². The molecule has 0 spiro atoms. The number of carbonyl (C=O) groups excluding carboxylic acids is 1. The number of carbonyl (C=O) groups is 1. The highest BCUT2D eigenvalue weighted by Crippen LogP contribution is 2.42. The van der Waals surface area contributed by atoms with E-state index in [9.17, 15) is 19.1 Å². The van der Waals surface area contributed by atoms with E-state index in [2.05, 4.69) is 0 Å². The summed E-state index contributed by atoms with van der Waals surface area (Å²) in [5, 5.41) is 12.0. The first-order chi connectivity index (χ1) is 17.7. The average molecular weight is 518 g/mol. The summed E-state index contributed by atoms with van der Waals surface area (Å²) in [6.07, 6.45) is 0.0632. The summed E-state index contributed by atoms with van der Waals surface area (Å²) in [7, 11) is 0. The second kappa shape index (κ2) is 8.43. The van der Waals surface area contributed by atoms with Gasteiger partial charge in [-0.15, -0.1) is 11.8 Å². The number of ether oxygens (including phenoxy) is 1. The third-order valence-corrected chi connectivity index (χ3v) is 8.39. The number of cyclic esters (lactones) is 1. The van der Waals surface area contributed by atoms with Crippen LogP contribution in [-0.2, 0) is 34.0 Å². The number of thioether (sulfide) groups is 1. The summed E-state index contributed by atoms with van der Waals surface area (Å²) in [5.74, 6) is -0.560. The molecule has 0 saturated carbocycles. The SMILES string of the molecule is CC[C@@]1(O)C(=O)OCc2c1cc1n(c2=O)Cc2c-1nc1cc(F)c(C)cc1c2CSc1ccc(N)cc1. The van der Waals surface area contributed by atoms with E-state index >= 15 is 0 Å². The number of aryl methyl sites for hydroxylation is 1. The van der Waals surface area contributed by atoms with Gasteiger partial charge in [0.25, 0.3) is 5.56 Å². The van der Waals surface area contributed by atoms with Crippen molar-refractivity contribution in [3.05, 3.63) is 86.5 Å². The van der Waals surface area contributed by atoms with Crippen molar-refractivity contribution in [1.82, 2.24) is 9.55 Å². The standard InChI is InChI=1S/C28H24FN3O4S/c1-3-28(35)21-9-24-25-18(11-32(24)26(33)19(21)12-36-27(28)34)20(13-37-16-6-4-15(30)5-7-16)17-8-14(2)22(29)10-23(17)31-25/h4-10,35H,3,11-13,30H2,1-2H3/t28-/m0/s1. The molecule has 4 aromatic rings. The van der Waals surface area contributed by atoms with Gasteiger partial charge in [0.2, 0.25) is 0 Å². The Labute approximate surface area is 216 Å². The first-order valence-corrected chi connectivity index (χ1v) is 13.0. The molecule has 7 nitrogen and oxygen atoms in total. The molecule has 2 aromatic carbocycles. The Kier molecular flexibility index (Phi) is 5.40. The maximum atomic E-state index is 14.6. The van der Waals surface area contributed by atoms with Crippen LogP contribution in [0.5, 0.6) is 0 Å². The second-order valence-electron chi connectivity index (χ2n) is 9.50. The molecule has 0 unspecified atom stereocenters. The van der Waals surface area contributed by atoms with Gasteiger partial charge in [-0.1, -0.05) is 6.92 Å². The lowest BCUT2D eigenvalue weighted by Crippen LogP contribution is -2.44. The van der Waals surface area contributed by atoms with Gasteiger partial charge in [0.1, 0.15) is 12.4 Å². The van der Waals surface area contributed by atoms with E-state index in [0.29, 0.717) is 33.9 Å². The van der Waals surface area contributed by atoms with E-state index in [0.717, 1.165) is 21.4 Å². The lowest BCUT2D eigenvalue weighted by atomic mass is 9.86. The number of esters is 1. The summed E-state index contributed by atoms with van der Waals surface area (Å²) < 4.78 is 21.4. The quantitative estimate of drug-likeness (QED) is 0.207. The van der Waals surface area contributed by atoms with Crippen molar-refractivity contribution in [3.63, 3.8) is 0 Å². The summed E-state index contributed by atoms with van der Waals surface area (Å²) in [6.45, 7) is 3.48. The van der Waals surface area contributed by atoms with Gasteiger partial charge in [-0.2, -0.15) is 0 Å². The van der Waals surface area contributed by atoms with Crippen LogP contribution in [0, 0.1) is 12.7 Å². The number of aromatic nitrogens is 2. The molecule has 2 aromatic heterocycles. The molecule has 188 valence electrons. The minimum Gasteiger partial charge on any atom is -0.458 e. The van der Waals surface area contributed by atoms with Crippen molar-refractivity contribution in [3.8, 4) is 11.4 Å². The number of anilines is 1. The van der Waals surface area contributed by atoms with Gasteiger partial charge in [0.05, 0.1) is 29.0 Å². The summed E-state index contributed by atoms with van der Waals surface area (Å²) in [5.41, 5.74) is 8.69. The highest BCUT2D eigenvalue weighted by molar-refractivity contribution is 7.98. The number of nitrogen functional groups attached to an aromatic ring is 1. The molecule has 2 aliphatic heterocycles. The van der Waals surface area contributed by atoms with E-state index in [1.165, 1.54) is 6.07 Å². The topological polar surface area (TPSA) is 107 Å². The van der Waals surface area contributed by atoms with E-state index in [1.54, 1.807) is 42.3 Å². The molecule has 4 heterocycles. The first kappa shape index (κ1) is 23.7. The molecule has 0 bridgehead atoms. The van der Waals surface area contributed by atoms with Crippen molar-refractivity contribution >= 4 is 34.3 Å². The number of nitrogens with two attached hydrogens (primary N) is 1. The van der Waals surface area contributed by atoms with Crippen LogP contribution in [0.1, 0.15) is 41.2 Å². The second-order valence-corrected chi connectivity index (χ2v) is 10.5. The molecule has 2 aliphatic rings. The number of hydrogen-bond acceptors (Lipinski definition) is 7. The van der Waals surface area contributed by atoms with Crippen molar-refractivity contribution in [2.75, 3.05) is 5.73 Å². The number of nitrogens with zero attached hydrogens (tertiary/aromatic N) is 2. The Hall–Kier alpha value is -3.69. The van der Waals surface area contributed by atoms with Gasteiger partial charge >= 0.3 is 5.97 Å². The molecule has 3 N–H and O–H groups in total. The predicted octanol–water partition coefficient (Wildman–Crippen LogP) is 4.40. The Balaban J connectivity index is 1.56. The number of fused-ring (bicyclic) bond motifs is 5. The minimum atomic E-state index is -1.90. The molecule has 0 saturated heterocycles. The largest absolute Gasteiger partial charge is 0.458 e. The summed E-state index contributed by atoms with van der Waals surface area (Å²) in [4.78, 5) is 31.8. The molecule has 9 heteroatoms. The van der Waals surface area contributed by atoms with Crippen LogP contribution in [0.4, 0.5) is 10.1 Å². The highest BCUT2D eigenvalue weighted by Gasteiger charge is 2.45. The molecular weight excluding hydrogens is 493 g/mol. The normalized spacial score (nSPS) is 17.9. The van der Waals surface area contributed by atoms with Crippen LogP contribution in [0.15, 0.2) is 52.2 Å². The molecule has 0 amide bonds. The lowest BCUT2D eigenvalue weighted by molar-refractivity contribution is -0.172. The van der Waals surface area contributed by atoms with Crippen molar-refractivity contribution in [2.45, 2.75) is 49.7 Å². The van der Waals surface area contributed by atoms with E-state index in [-0.39, 0.29) is 42.1 Å². The number of pyridine rings is 2. The Morgan fingerprint density at radius 2 is 1.95 bits per heavy atom. The van der Waals surface area contributed by atoms with Gasteiger partial charge < -0.3 is 20.1 Å². The zero-order valence-electron chi connectivity index (χ0n) is 20.3. The summed E-state index contributed by atoms with van der Waals surface area (Å²) in [6, 6.07) is 12.5. The maximum absolute atomic E-state index is 14.6. The van der Waals surface area contributed by atoms with Gasteiger partial charge in [-0.3, -0.25) is 4.79 Å². The average Bonchev–Trinajstić information content (AvgIpc) is 3.25. The van der Waals surface area contributed by atoms with E-state index in [1.807, 2.05) is 24.3 Å². The summed E-state index contributed by atoms with van der Waals surface area (Å²) >= 11 is 1.62. The van der Waals surface area contributed by atoms with Gasteiger partial charge in [0.15, 0.2) is 5.60 Å². The Morgan fingerprint density at radius 1 is 1.19 bits per heavy atom. The fraction of sp³-hybridized carbons (Fsp3) is 0.250. The third kappa shape index (κ3) is 3.56. The number of aliphatic hydroxyl groups is 1. The molecule has 0 fully saturated rings. The molecule has 37 heavy (non-hydrogen) atoms. The monoisotopic (exact) mass is 517 g/mol. The van der Waals surface area contributed by atoms with E-state index < -0.39 is 11.6 Å².